The highest BCUT2D eigenvalue weighted by Crippen LogP contribution is 2.13. The summed E-state index contributed by atoms with van der Waals surface area (Å²) in [7, 11) is 0. The van der Waals surface area contributed by atoms with Crippen LogP contribution >= 0.6 is 11.8 Å². The molecule has 1 aromatic carbocycles. The van der Waals surface area contributed by atoms with Crippen molar-refractivity contribution < 1.29 is 4.79 Å². The van der Waals surface area contributed by atoms with E-state index in [9.17, 15) is 4.79 Å². The second kappa shape index (κ2) is 5.70. The van der Waals surface area contributed by atoms with Gasteiger partial charge in [0.05, 0.1) is 5.75 Å². The van der Waals surface area contributed by atoms with Crippen molar-refractivity contribution in [1.29, 1.82) is 0 Å². The maximum absolute atomic E-state index is 11.4. The summed E-state index contributed by atoms with van der Waals surface area (Å²) >= 11 is 1.63. The first-order valence-electron chi connectivity index (χ1n) is 4.67. The smallest absolute Gasteiger partial charge is 0.234 e. The number of carbonyl (C=O) groups is 1. The molecule has 0 bridgehead atoms. The van der Waals surface area contributed by atoms with Crippen molar-refractivity contribution in [2.24, 2.45) is 0 Å². The van der Waals surface area contributed by atoms with Crippen LogP contribution in [0.4, 0.5) is 5.69 Å². The summed E-state index contributed by atoms with van der Waals surface area (Å²) in [4.78, 5) is 11.4. The summed E-state index contributed by atoms with van der Waals surface area (Å²) in [6.45, 7) is 4.04. The first-order chi connectivity index (χ1) is 6.74. The minimum atomic E-state index is 0.0751. The molecule has 1 aromatic rings. The van der Waals surface area contributed by atoms with Gasteiger partial charge < -0.3 is 5.32 Å². The second-order valence-electron chi connectivity index (χ2n) is 3.00. The van der Waals surface area contributed by atoms with E-state index in [1.165, 1.54) is 0 Å². The molecule has 1 rings (SSSR count). The van der Waals surface area contributed by atoms with Gasteiger partial charge >= 0.3 is 0 Å². The molecule has 0 heterocycles. The summed E-state index contributed by atoms with van der Waals surface area (Å²) in [5.74, 6) is 1.58. The highest BCUT2D eigenvalue weighted by molar-refractivity contribution is 7.99. The second-order valence-corrected chi connectivity index (χ2v) is 4.27. The highest BCUT2D eigenvalue weighted by atomic mass is 32.2. The molecule has 0 radical (unpaired) electrons. The third-order valence-corrected chi connectivity index (χ3v) is 2.73. The topological polar surface area (TPSA) is 29.1 Å². The van der Waals surface area contributed by atoms with E-state index in [0.29, 0.717) is 5.75 Å². The van der Waals surface area contributed by atoms with Crippen molar-refractivity contribution in [2.75, 3.05) is 16.8 Å². The number of hydrogen-bond donors (Lipinski definition) is 1. The fourth-order valence-electron chi connectivity index (χ4n) is 1.09. The molecule has 0 spiro atoms. The average Bonchev–Trinajstić information content (AvgIpc) is 2.18. The van der Waals surface area contributed by atoms with Gasteiger partial charge in [-0.2, -0.15) is 11.8 Å². The molecule has 0 aromatic heterocycles. The van der Waals surface area contributed by atoms with Crippen LogP contribution in [0, 0.1) is 6.92 Å². The Hall–Kier alpha value is -0.960. The van der Waals surface area contributed by atoms with Crippen molar-refractivity contribution in [3.63, 3.8) is 0 Å². The standard InChI is InChI=1S/C11H15NOS/c1-3-14-8-11(13)12-10-7-5-4-6-9(10)2/h4-7H,3,8H2,1-2H3,(H,12,13). The Morgan fingerprint density at radius 3 is 2.79 bits per heavy atom. The zero-order valence-corrected chi connectivity index (χ0v) is 9.36. The van der Waals surface area contributed by atoms with E-state index in [2.05, 4.69) is 5.32 Å². The Kier molecular flexibility index (Phi) is 4.53. The van der Waals surface area contributed by atoms with Gasteiger partial charge in [-0.05, 0) is 24.3 Å². The van der Waals surface area contributed by atoms with Crippen LogP contribution in [-0.4, -0.2) is 17.4 Å². The van der Waals surface area contributed by atoms with Gasteiger partial charge in [0.25, 0.3) is 0 Å². The zero-order chi connectivity index (χ0) is 10.4. The van der Waals surface area contributed by atoms with Crippen LogP contribution < -0.4 is 5.32 Å². The van der Waals surface area contributed by atoms with E-state index < -0.39 is 0 Å². The summed E-state index contributed by atoms with van der Waals surface area (Å²) in [6, 6.07) is 7.80. The molecule has 2 nitrogen and oxygen atoms in total. The molecule has 1 amide bonds. The molecule has 3 heteroatoms. The van der Waals surface area contributed by atoms with Crippen molar-refractivity contribution in [3.05, 3.63) is 29.8 Å². The van der Waals surface area contributed by atoms with Crippen LogP contribution in [0.3, 0.4) is 0 Å². The Morgan fingerprint density at radius 2 is 2.14 bits per heavy atom. The van der Waals surface area contributed by atoms with E-state index in [1.54, 1.807) is 11.8 Å². The summed E-state index contributed by atoms with van der Waals surface area (Å²) in [6.07, 6.45) is 0. The van der Waals surface area contributed by atoms with Crippen LogP contribution in [0.25, 0.3) is 0 Å². The summed E-state index contributed by atoms with van der Waals surface area (Å²) in [5.41, 5.74) is 2.01. The SMILES string of the molecule is CCSCC(=O)Nc1ccccc1C. The molecular formula is C11H15NOS. The van der Waals surface area contributed by atoms with Gasteiger partial charge in [0.2, 0.25) is 5.91 Å². The van der Waals surface area contributed by atoms with E-state index in [0.717, 1.165) is 17.0 Å². The molecule has 76 valence electrons. The molecule has 0 aliphatic heterocycles. The minimum absolute atomic E-state index is 0.0751. The van der Waals surface area contributed by atoms with Crippen LogP contribution in [0.5, 0.6) is 0 Å². The number of thioether (sulfide) groups is 1. The first kappa shape index (κ1) is 11.1. The lowest BCUT2D eigenvalue weighted by atomic mass is 10.2. The Balaban J connectivity index is 2.52. The largest absolute Gasteiger partial charge is 0.325 e. The van der Waals surface area contributed by atoms with Crippen molar-refractivity contribution >= 4 is 23.4 Å². The predicted molar refractivity (Wildman–Crippen MR) is 62.8 cm³/mol. The van der Waals surface area contributed by atoms with Crippen LogP contribution in [0.15, 0.2) is 24.3 Å². The predicted octanol–water partition coefficient (Wildman–Crippen LogP) is 2.69. The van der Waals surface area contributed by atoms with Gasteiger partial charge in [0, 0.05) is 5.69 Å². The van der Waals surface area contributed by atoms with E-state index in [4.69, 9.17) is 0 Å². The monoisotopic (exact) mass is 209 g/mol. The lowest BCUT2D eigenvalue weighted by Crippen LogP contribution is -2.14. The Morgan fingerprint density at radius 1 is 1.43 bits per heavy atom. The quantitative estimate of drug-likeness (QED) is 0.826. The maximum atomic E-state index is 11.4. The van der Waals surface area contributed by atoms with E-state index >= 15 is 0 Å². The highest BCUT2D eigenvalue weighted by Gasteiger charge is 2.02. The van der Waals surface area contributed by atoms with Crippen molar-refractivity contribution in [3.8, 4) is 0 Å². The fraction of sp³-hybridized carbons (Fsp3) is 0.364. The van der Waals surface area contributed by atoms with Gasteiger partial charge in [-0.15, -0.1) is 0 Å². The molecular weight excluding hydrogens is 194 g/mol. The lowest BCUT2D eigenvalue weighted by Gasteiger charge is -2.06. The Labute approximate surface area is 89.1 Å². The molecule has 0 aliphatic rings. The molecule has 1 N–H and O–H groups in total. The van der Waals surface area contributed by atoms with Gasteiger partial charge in [0.1, 0.15) is 0 Å². The molecule has 14 heavy (non-hydrogen) atoms. The minimum Gasteiger partial charge on any atom is -0.325 e. The van der Waals surface area contributed by atoms with Gasteiger partial charge in [-0.3, -0.25) is 4.79 Å². The van der Waals surface area contributed by atoms with Gasteiger partial charge in [-0.25, -0.2) is 0 Å². The number of nitrogens with one attached hydrogen (secondary N) is 1. The summed E-state index contributed by atoms with van der Waals surface area (Å²) < 4.78 is 0. The third-order valence-electron chi connectivity index (χ3n) is 1.86. The number of hydrogen-bond acceptors (Lipinski definition) is 2. The molecule has 0 unspecified atom stereocenters. The molecule has 0 saturated carbocycles. The summed E-state index contributed by atoms with van der Waals surface area (Å²) in [5, 5.41) is 2.89. The number of aryl methyl sites for hydroxylation is 1. The number of benzene rings is 1. The van der Waals surface area contributed by atoms with Crippen molar-refractivity contribution in [1.82, 2.24) is 0 Å². The number of anilines is 1. The fourth-order valence-corrected chi connectivity index (χ4v) is 1.56. The number of para-hydroxylation sites is 1. The maximum Gasteiger partial charge on any atom is 0.234 e. The van der Waals surface area contributed by atoms with E-state index in [-0.39, 0.29) is 5.91 Å². The number of rotatable bonds is 4. The average molecular weight is 209 g/mol. The molecule has 0 fully saturated rings. The molecule has 0 saturated heterocycles. The van der Waals surface area contributed by atoms with Crippen LogP contribution in [0.1, 0.15) is 12.5 Å². The van der Waals surface area contributed by atoms with Gasteiger partial charge in [-0.1, -0.05) is 25.1 Å². The third kappa shape index (κ3) is 3.42. The Bertz CT molecular complexity index is 312. The normalized spacial score (nSPS) is 9.86. The number of amides is 1. The van der Waals surface area contributed by atoms with Gasteiger partial charge in [0.15, 0.2) is 0 Å². The zero-order valence-electron chi connectivity index (χ0n) is 8.54. The van der Waals surface area contributed by atoms with Crippen LogP contribution in [-0.2, 0) is 4.79 Å². The van der Waals surface area contributed by atoms with Crippen molar-refractivity contribution in [2.45, 2.75) is 13.8 Å². The van der Waals surface area contributed by atoms with Crippen LogP contribution in [0.2, 0.25) is 0 Å². The first-order valence-corrected chi connectivity index (χ1v) is 5.82. The van der Waals surface area contributed by atoms with E-state index in [1.807, 2.05) is 38.1 Å². The lowest BCUT2D eigenvalue weighted by molar-refractivity contribution is -0.113. The number of carbonyl (C=O) groups excluding carboxylic acids is 1. The molecule has 0 atom stereocenters. The molecule has 0 aliphatic carbocycles.